The molecule has 0 amide bonds. The zero-order valence-corrected chi connectivity index (χ0v) is 6.90. The van der Waals surface area contributed by atoms with Crippen LogP contribution >= 0.6 is 0 Å². The molecule has 0 radical (unpaired) electrons. The molecule has 0 atom stereocenters. The smallest absolute Gasteiger partial charge is 0.426 e. The van der Waals surface area contributed by atoms with Gasteiger partial charge in [-0.1, -0.05) is 30.3 Å². The standard InChI is InChI=1S/C10H8O3/c11-10-12-7-9(13-10)6-8-4-2-1-3-5-8/h1-6H,7H2. The van der Waals surface area contributed by atoms with E-state index in [0.29, 0.717) is 5.76 Å². The first-order valence-corrected chi connectivity index (χ1v) is 3.95. The van der Waals surface area contributed by atoms with Gasteiger partial charge in [-0.15, -0.1) is 0 Å². The first-order valence-electron chi connectivity index (χ1n) is 3.95. The van der Waals surface area contributed by atoms with Crippen LogP contribution in [0.3, 0.4) is 0 Å². The molecule has 13 heavy (non-hydrogen) atoms. The minimum Gasteiger partial charge on any atom is -0.426 e. The van der Waals surface area contributed by atoms with Crippen LogP contribution in [0.1, 0.15) is 5.56 Å². The Balaban J connectivity index is 2.17. The van der Waals surface area contributed by atoms with Gasteiger partial charge < -0.3 is 9.47 Å². The van der Waals surface area contributed by atoms with Gasteiger partial charge in [0.2, 0.25) is 0 Å². The van der Waals surface area contributed by atoms with Crippen molar-refractivity contribution < 1.29 is 14.3 Å². The lowest BCUT2D eigenvalue weighted by molar-refractivity contribution is 0.136. The van der Waals surface area contributed by atoms with Crippen LogP contribution in [0.15, 0.2) is 36.1 Å². The van der Waals surface area contributed by atoms with E-state index < -0.39 is 6.16 Å². The van der Waals surface area contributed by atoms with Gasteiger partial charge in [0.15, 0.2) is 6.61 Å². The van der Waals surface area contributed by atoms with Crippen molar-refractivity contribution in [2.24, 2.45) is 0 Å². The predicted molar refractivity (Wildman–Crippen MR) is 46.9 cm³/mol. The van der Waals surface area contributed by atoms with Crippen molar-refractivity contribution in [2.75, 3.05) is 6.61 Å². The van der Waals surface area contributed by atoms with Crippen molar-refractivity contribution in [3.63, 3.8) is 0 Å². The monoisotopic (exact) mass is 176 g/mol. The summed E-state index contributed by atoms with van der Waals surface area (Å²) in [6.45, 7) is 0.230. The van der Waals surface area contributed by atoms with Gasteiger partial charge in [0.25, 0.3) is 0 Å². The lowest BCUT2D eigenvalue weighted by Gasteiger charge is -1.93. The lowest BCUT2D eigenvalue weighted by atomic mass is 10.2. The van der Waals surface area contributed by atoms with E-state index in [2.05, 4.69) is 4.74 Å². The minimum absolute atomic E-state index is 0.230. The summed E-state index contributed by atoms with van der Waals surface area (Å²) in [6, 6.07) is 9.63. The van der Waals surface area contributed by atoms with Crippen LogP contribution in [0.2, 0.25) is 0 Å². The number of cyclic esters (lactones) is 2. The Hall–Kier alpha value is -1.77. The molecule has 1 aromatic carbocycles. The Morgan fingerprint density at radius 3 is 2.62 bits per heavy atom. The summed E-state index contributed by atoms with van der Waals surface area (Å²) in [5.74, 6) is 0.552. The van der Waals surface area contributed by atoms with E-state index >= 15 is 0 Å². The largest absolute Gasteiger partial charge is 0.514 e. The van der Waals surface area contributed by atoms with Crippen molar-refractivity contribution >= 4 is 12.2 Å². The third-order valence-electron chi connectivity index (χ3n) is 1.67. The molecule has 66 valence electrons. The highest BCUT2D eigenvalue weighted by atomic mass is 16.8. The summed E-state index contributed by atoms with van der Waals surface area (Å²) < 4.78 is 9.37. The van der Waals surface area contributed by atoms with Crippen LogP contribution in [0, 0.1) is 0 Å². The topological polar surface area (TPSA) is 35.5 Å². The average molecular weight is 176 g/mol. The van der Waals surface area contributed by atoms with Gasteiger partial charge in [0.1, 0.15) is 5.76 Å². The predicted octanol–water partition coefficient (Wildman–Crippen LogP) is 2.19. The minimum atomic E-state index is -0.623. The Morgan fingerprint density at radius 2 is 2.00 bits per heavy atom. The Kier molecular flexibility index (Phi) is 2.00. The first kappa shape index (κ1) is 7.86. The molecule has 3 heteroatoms. The molecule has 1 saturated heterocycles. The van der Waals surface area contributed by atoms with E-state index in [1.165, 1.54) is 0 Å². The van der Waals surface area contributed by atoms with Crippen molar-refractivity contribution in [2.45, 2.75) is 0 Å². The van der Waals surface area contributed by atoms with Crippen LogP contribution in [-0.4, -0.2) is 12.8 Å². The quantitative estimate of drug-likeness (QED) is 0.615. The Labute approximate surface area is 75.6 Å². The van der Waals surface area contributed by atoms with Gasteiger partial charge in [0, 0.05) is 0 Å². The number of ether oxygens (including phenoxy) is 2. The molecule has 1 aliphatic rings. The SMILES string of the molecule is O=C1OCC(=Cc2ccccc2)O1. The third-order valence-corrected chi connectivity index (χ3v) is 1.67. The normalized spacial score (nSPS) is 18.5. The molecular weight excluding hydrogens is 168 g/mol. The van der Waals surface area contributed by atoms with Crippen molar-refractivity contribution in [3.8, 4) is 0 Å². The maximum atomic E-state index is 10.6. The maximum Gasteiger partial charge on any atom is 0.514 e. The molecule has 1 heterocycles. The number of carbonyl (C=O) groups excluding carboxylic acids is 1. The van der Waals surface area contributed by atoms with E-state index in [9.17, 15) is 4.79 Å². The molecule has 1 fully saturated rings. The zero-order chi connectivity index (χ0) is 9.10. The highest BCUT2D eigenvalue weighted by Gasteiger charge is 2.17. The summed E-state index contributed by atoms with van der Waals surface area (Å²) in [5.41, 5.74) is 0.996. The van der Waals surface area contributed by atoms with Crippen molar-refractivity contribution in [1.82, 2.24) is 0 Å². The molecule has 0 spiro atoms. The molecule has 0 saturated carbocycles. The van der Waals surface area contributed by atoms with E-state index in [0.717, 1.165) is 5.56 Å². The fourth-order valence-electron chi connectivity index (χ4n) is 1.10. The van der Waals surface area contributed by atoms with Gasteiger partial charge in [-0.3, -0.25) is 0 Å². The highest BCUT2D eigenvalue weighted by molar-refractivity contribution is 5.67. The number of benzene rings is 1. The Morgan fingerprint density at radius 1 is 1.23 bits per heavy atom. The maximum absolute atomic E-state index is 10.6. The third kappa shape index (κ3) is 1.87. The number of hydrogen-bond donors (Lipinski definition) is 0. The second-order valence-electron chi connectivity index (χ2n) is 2.66. The van der Waals surface area contributed by atoms with Gasteiger partial charge in [-0.05, 0) is 11.6 Å². The summed E-state index contributed by atoms with van der Waals surface area (Å²) in [5, 5.41) is 0. The second kappa shape index (κ2) is 3.31. The molecular formula is C10H8O3. The fraction of sp³-hybridized carbons (Fsp3) is 0.100. The average Bonchev–Trinajstić information content (AvgIpc) is 2.53. The molecule has 0 bridgehead atoms. The van der Waals surface area contributed by atoms with E-state index in [1.807, 2.05) is 30.3 Å². The molecule has 0 aromatic heterocycles. The highest BCUT2D eigenvalue weighted by Crippen LogP contribution is 2.14. The lowest BCUT2D eigenvalue weighted by Crippen LogP contribution is -1.88. The van der Waals surface area contributed by atoms with Crippen LogP contribution in [0.25, 0.3) is 6.08 Å². The number of carbonyl (C=O) groups is 1. The van der Waals surface area contributed by atoms with E-state index in [-0.39, 0.29) is 6.61 Å². The van der Waals surface area contributed by atoms with Crippen LogP contribution < -0.4 is 0 Å². The van der Waals surface area contributed by atoms with E-state index in [1.54, 1.807) is 6.08 Å². The van der Waals surface area contributed by atoms with Crippen LogP contribution in [-0.2, 0) is 9.47 Å². The summed E-state index contributed by atoms with van der Waals surface area (Å²) in [6.07, 6.45) is 1.16. The second-order valence-corrected chi connectivity index (χ2v) is 2.66. The molecule has 3 nitrogen and oxygen atoms in total. The van der Waals surface area contributed by atoms with Gasteiger partial charge in [-0.25, -0.2) is 4.79 Å². The van der Waals surface area contributed by atoms with E-state index in [4.69, 9.17) is 4.74 Å². The molecule has 0 N–H and O–H groups in total. The summed E-state index contributed by atoms with van der Waals surface area (Å²) in [7, 11) is 0. The van der Waals surface area contributed by atoms with Crippen molar-refractivity contribution in [1.29, 1.82) is 0 Å². The van der Waals surface area contributed by atoms with Gasteiger partial charge in [0.05, 0.1) is 0 Å². The molecule has 0 unspecified atom stereocenters. The fourth-order valence-corrected chi connectivity index (χ4v) is 1.10. The molecule has 1 aromatic rings. The molecule has 2 rings (SSSR count). The number of rotatable bonds is 1. The summed E-state index contributed by atoms with van der Waals surface area (Å²) >= 11 is 0. The van der Waals surface area contributed by atoms with Crippen molar-refractivity contribution in [3.05, 3.63) is 41.7 Å². The van der Waals surface area contributed by atoms with Crippen LogP contribution in [0.5, 0.6) is 0 Å². The molecule has 1 aliphatic heterocycles. The zero-order valence-electron chi connectivity index (χ0n) is 6.90. The summed E-state index contributed by atoms with van der Waals surface area (Å²) in [4.78, 5) is 10.6. The van der Waals surface area contributed by atoms with Gasteiger partial charge >= 0.3 is 6.16 Å². The number of hydrogen-bond acceptors (Lipinski definition) is 3. The van der Waals surface area contributed by atoms with Crippen LogP contribution in [0.4, 0.5) is 4.79 Å². The molecule has 0 aliphatic carbocycles. The first-order chi connectivity index (χ1) is 6.34. The van der Waals surface area contributed by atoms with Gasteiger partial charge in [-0.2, -0.15) is 0 Å². The Bertz CT molecular complexity index is 340.